The van der Waals surface area contributed by atoms with Gasteiger partial charge in [0.05, 0.1) is 5.69 Å². The molecule has 7 heteroatoms. The van der Waals surface area contributed by atoms with Crippen LogP contribution in [0.4, 0.5) is 26.0 Å². The lowest BCUT2D eigenvalue weighted by atomic mass is 10.2. The molecule has 0 saturated carbocycles. The Bertz CT molecular complexity index is 913. The van der Waals surface area contributed by atoms with Gasteiger partial charge < -0.3 is 10.6 Å². The van der Waals surface area contributed by atoms with Gasteiger partial charge in [0.15, 0.2) is 11.5 Å². The lowest BCUT2D eigenvalue weighted by Gasteiger charge is -2.08. The van der Waals surface area contributed by atoms with Gasteiger partial charge >= 0.3 is 0 Å². The largest absolute Gasteiger partial charge is 0.336 e. The van der Waals surface area contributed by atoms with E-state index in [1.807, 2.05) is 25.1 Å². The second kappa shape index (κ2) is 7.04. The number of aromatic nitrogens is 2. The van der Waals surface area contributed by atoms with Crippen molar-refractivity contribution in [2.24, 2.45) is 0 Å². The number of nitrogens with one attached hydrogen (secondary N) is 2. The third-order valence-electron chi connectivity index (χ3n) is 3.48. The smallest absolute Gasteiger partial charge is 0.276 e. The molecule has 126 valence electrons. The van der Waals surface area contributed by atoms with E-state index in [0.29, 0.717) is 5.69 Å². The molecule has 1 aromatic heterocycles. The fraction of sp³-hybridized carbons (Fsp3) is 0.0556. The molecule has 3 rings (SSSR count). The number of anilines is 3. The van der Waals surface area contributed by atoms with Crippen molar-refractivity contribution in [1.29, 1.82) is 0 Å². The molecule has 3 aromatic rings. The molecule has 25 heavy (non-hydrogen) atoms. The summed E-state index contributed by atoms with van der Waals surface area (Å²) in [6.07, 6.45) is 0. The lowest BCUT2D eigenvalue weighted by molar-refractivity contribution is 0.102. The van der Waals surface area contributed by atoms with Gasteiger partial charge in [0.2, 0.25) is 0 Å². The number of carbonyl (C=O) groups excluding carboxylic acids is 1. The van der Waals surface area contributed by atoms with Crippen molar-refractivity contribution >= 4 is 23.1 Å². The number of rotatable bonds is 4. The molecule has 5 nitrogen and oxygen atoms in total. The van der Waals surface area contributed by atoms with Crippen LogP contribution in [0, 0.1) is 18.6 Å². The Morgan fingerprint density at radius 1 is 0.960 bits per heavy atom. The van der Waals surface area contributed by atoms with E-state index in [9.17, 15) is 13.6 Å². The molecule has 0 radical (unpaired) electrons. The van der Waals surface area contributed by atoms with Crippen LogP contribution in [0.5, 0.6) is 0 Å². The van der Waals surface area contributed by atoms with Crippen molar-refractivity contribution in [2.45, 2.75) is 6.92 Å². The maximum Gasteiger partial charge on any atom is 0.276 e. The van der Waals surface area contributed by atoms with Gasteiger partial charge in [-0.25, -0.2) is 8.78 Å². The van der Waals surface area contributed by atoms with Crippen molar-refractivity contribution in [3.63, 3.8) is 0 Å². The highest BCUT2D eigenvalue weighted by molar-refractivity contribution is 6.03. The van der Waals surface area contributed by atoms with Crippen molar-refractivity contribution in [2.75, 3.05) is 10.6 Å². The van der Waals surface area contributed by atoms with E-state index < -0.39 is 17.5 Å². The topological polar surface area (TPSA) is 66.9 Å². The highest BCUT2D eigenvalue weighted by Crippen LogP contribution is 2.19. The van der Waals surface area contributed by atoms with Gasteiger partial charge in [-0.3, -0.25) is 4.79 Å². The number of hydrogen-bond acceptors (Lipinski definition) is 4. The third kappa shape index (κ3) is 3.95. The van der Waals surface area contributed by atoms with Crippen molar-refractivity contribution in [3.05, 3.63) is 77.5 Å². The van der Waals surface area contributed by atoms with E-state index in [1.54, 1.807) is 6.07 Å². The number of halogens is 2. The van der Waals surface area contributed by atoms with Crippen LogP contribution in [0.3, 0.4) is 0 Å². The molecule has 0 unspecified atom stereocenters. The minimum atomic E-state index is -0.747. The predicted molar refractivity (Wildman–Crippen MR) is 90.8 cm³/mol. The number of amides is 1. The summed E-state index contributed by atoms with van der Waals surface area (Å²) in [6, 6.07) is 13.5. The Morgan fingerprint density at radius 3 is 2.44 bits per heavy atom. The van der Waals surface area contributed by atoms with E-state index in [2.05, 4.69) is 20.8 Å². The van der Waals surface area contributed by atoms with Gasteiger partial charge in [-0.05, 0) is 42.8 Å². The van der Waals surface area contributed by atoms with Crippen LogP contribution in [0.2, 0.25) is 0 Å². The van der Waals surface area contributed by atoms with E-state index in [1.165, 1.54) is 18.2 Å². The molecule has 0 spiro atoms. The van der Waals surface area contributed by atoms with Gasteiger partial charge in [-0.2, -0.15) is 0 Å². The van der Waals surface area contributed by atoms with Crippen LogP contribution in [-0.2, 0) is 0 Å². The number of hydrogen-bond donors (Lipinski definition) is 2. The van der Waals surface area contributed by atoms with Crippen molar-refractivity contribution < 1.29 is 13.6 Å². The first kappa shape index (κ1) is 16.5. The van der Waals surface area contributed by atoms with Crippen LogP contribution >= 0.6 is 0 Å². The Kier molecular flexibility index (Phi) is 4.65. The Labute approximate surface area is 142 Å². The minimum Gasteiger partial charge on any atom is -0.336 e. The summed E-state index contributed by atoms with van der Waals surface area (Å²) in [4.78, 5) is 12.2. The van der Waals surface area contributed by atoms with Crippen molar-refractivity contribution in [1.82, 2.24) is 10.2 Å². The molecule has 2 N–H and O–H groups in total. The van der Waals surface area contributed by atoms with Crippen LogP contribution in [0.25, 0.3) is 0 Å². The van der Waals surface area contributed by atoms with E-state index in [4.69, 9.17) is 0 Å². The molecule has 0 aliphatic carbocycles. The molecule has 1 amide bonds. The van der Waals surface area contributed by atoms with Crippen LogP contribution < -0.4 is 10.6 Å². The number of nitrogens with zero attached hydrogens (tertiary/aromatic N) is 2. The summed E-state index contributed by atoms with van der Waals surface area (Å²) in [5, 5.41) is 13.1. The Morgan fingerprint density at radius 2 is 1.76 bits per heavy atom. The molecule has 0 bridgehead atoms. The molecule has 0 atom stereocenters. The van der Waals surface area contributed by atoms with Crippen LogP contribution in [0.15, 0.2) is 54.6 Å². The standard InChI is InChI=1S/C18H14F2N4O/c1-11-4-2-3-5-14(11)22-18(25)16-8-9-17(24-23-16)21-15-7-6-12(19)10-13(15)20/h2-10H,1H3,(H,21,24)(H,22,25). The van der Waals surface area contributed by atoms with Gasteiger partial charge in [0.25, 0.3) is 5.91 Å². The quantitative estimate of drug-likeness (QED) is 0.752. The summed E-state index contributed by atoms with van der Waals surface area (Å²) in [5.41, 5.74) is 1.79. The first-order valence-corrected chi connectivity index (χ1v) is 7.46. The van der Waals surface area contributed by atoms with Crippen molar-refractivity contribution in [3.8, 4) is 0 Å². The highest BCUT2D eigenvalue weighted by Gasteiger charge is 2.11. The molecular formula is C18H14F2N4O. The maximum atomic E-state index is 13.6. The second-order valence-electron chi connectivity index (χ2n) is 5.32. The second-order valence-corrected chi connectivity index (χ2v) is 5.32. The third-order valence-corrected chi connectivity index (χ3v) is 3.48. The predicted octanol–water partition coefficient (Wildman–Crippen LogP) is 4.06. The van der Waals surface area contributed by atoms with Gasteiger partial charge in [0.1, 0.15) is 11.6 Å². The molecule has 1 heterocycles. The number of aryl methyl sites for hydroxylation is 1. The normalized spacial score (nSPS) is 10.4. The van der Waals surface area contributed by atoms with Gasteiger partial charge in [-0.1, -0.05) is 18.2 Å². The highest BCUT2D eigenvalue weighted by atomic mass is 19.1. The average molecular weight is 340 g/mol. The molecule has 0 aliphatic heterocycles. The molecule has 0 aliphatic rings. The molecular weight excluding hydrogens is 326 g/mol. The fourth-order valence-electron chi connectivity index (χ4n) is 2.15. The minimum absolute atomic E-state index is 0.0628. The van der Waals surface area contributed by atoms with E-state index in [0.717, 1.165) is 17.7 Å². The Hall–Kier alpha value is -3.35. The first-order valence-electron chi connectivity index (χ1n) is 7.46. The molecule has 0 saturated heterocycles. The SMILES string of the molecule is Cc1ccccc1NC(=O)c1ccc(Nc2ccc(F)cc2F)nn1. The summed E-state index contributed by atoms with van der Waals surface area (Å²) in [7, 11) is 0. The van der Waals surface area contributed by atoms with Gasteiger partial charge in [0, 0.05) is 11.8 Å². The summed E-state index contributed by atoms with van der Waals surface area (Å²) < 4.78 is 26.5. The molecule has 0 fully saturated rings. The number of carbonyl (C=O) groups is 1. The summed E-state index contributed by atoms with van der Waals surface area (Å²) in [5.74, 6) is -1.58. The maximum absolute atomic E-state index is 13.6. The van der Waals surface area contributed by atoms with Crippen LogP contribution in [0.1, 0.15) is 16.1 Å². The number of para-hydroxylation sites is 1. The fourth-order valence-corrected chi connectivity index (χ4v) is 2.15. The van der Waals surface area contributed by atoms with E-state index >= 15 is 0 Å². The zero-order valence-corrected chi connectivity index (χ0v) is 13.3. The van der Waals surface area contributed by atoms with Gasteiger partial charge in [-0.15, -0.1) is 10.2 Å². The first-order chi connectivity index (χ1) is 12.0. The molecule has 2 aromatic carbocycles. The lowest BCUT2D eigenvalue weighted by Crippen LogP contribution is -2.15. The monoisotopic (exact) mass is 340 g/mol. The van der Waals surface area contributed by atoms with Crippen LogP contribution in [-0.4, -0.2) is 16.1 Å². The summed E-state index contributed by atoms with van der Waals surface area (Å²) >= 11 is 0. The number of benzene rings is 2. The Balaban J connectivity index is 1.71. The average Bonchev–Trinajstić information content (AvgIpc) is 2.60. The summed E-state index contributed by atoms with van der Waals surface area (Å²) in [6.45, 7) is 1.88. The van der Waals surface area contributed by atoms with E-state index in [-0.39, 0.29) is 17.2 Å². The zero-order chi connectivity index (χ0) is 17.8. The zero-order valence-electron chi connectivity index (χ0n) is 13.3.